The number of rotatable bonds is 3. The monoisotopic (exact) mass is 415 g/mol. The van der Waals surface area contributed by atoms with Gasteiger partial charge >= 0.3 is 0 Å². The lowest BCUT2D eigenvalue weighted by atomic mass is 9.99. The maximum Gasteiger partial charge on any atom is 0.253 e. The Morgan fingerprint density at radius 2 is 1.90 bits per heavy atom. The molecule has 158 valence electrons. The SMILES string of the molecule is COc1cc(N2CCCc3cc(-c4cnn(C)c4)ncc32)c2cc(C)c(=O)n(C)c2c1. The molecule has 0 aliphatic carbocycles. The predicted molar refractivity (Wildman–Crippen MR) is 122 cm³/mol. The number of ether oxygens (including phenoxy) is 1. The molecule has 0 N–H and O–H groups in total. The lowest BCUT2D eigenvalue weighted by molar-refractivity contribution is 0.415. The number of aryl methyl sites for hydroxylation is 4. The van der Waals surface area contributed by atoms with E-state index in [2.05, 4.69) is 22.1 Å². The van der Waals surface area contributed by atoms with E-state index in [1.54, 1.807) is 16.4 Å². The number of nitrogens with zero attached hydrogens (tertiary/aromatic N) is 5. The topological polar surface area (TPSA) is 65.2 Å². The van der Waals surface area contributed by atoms with E-state index in [-0.39, 0.29) is 5.56 Å². The van der Waals surface area contributed by atoms with Crippen molar-refractivity contribution in [1.29, 1.82) is 0 Å². The van der Waals surface area contributed by atoms with Gasteiger partial charge in [-0.25, -0.2) is 0 Å². The third-order valence-corrected chi connectivity index (χ3v) is 6.09. The molecule has 0 unspecified atom stereocenters. The standard InChI is InChI=1S/C24H25N5O2/c1-15-8-19-21(28(3)24(15)30)10-18(31-4)11-22(19)29-7-5-6-16-9-20(25-13-23(16)29)17-12-26-27(2)14-17/h8-14H,5-7H2,1-4H3. The maximum absolute atomic E-state index is 12.5. The Morgan fingerprint density at radius 1 is 1.06 bits per heavy atom. The van der Waals surface area contributed by atoms with Crippen molar-refractivity contribution in [2.24, 2.45) is 14.1 Å². The Labute approximate surface area is 180 Å². The molecule has 3 aromatic heterocycles. The van der Waals surface area contributed by atoms with Crippen molar-refractivity contribution in [1.82, 2.24) is 19.3 Å². The average molecular weight is 415 g/mol. The first kappa shape index (κ1) is 19.4. The van der Waals surface area contributed by atoms with E-state index in [4.69, 9.17) is 9.72 Å². The number of anilines is 2. The average Bonchev–Trinajstić information content (AvgIpc) is 3.22. The number of fused-ring (bicyclic) bond motifs is 2. The maximum atomic E-state index is 12.5. The van der Waals surface area contributed by atoms with Crippen molar-refractivity contribution in [3.8, 4) is 17.0 Å². The second-order valence-electron chi connectivity index (χ2n) is 8.13. The van der Waals surface area contributed by atoms with Gasteiger partial charge < -0.3 is 14.2 Å². The van der Waals surface area contributed by atoms with Crippen molar-refractivity contribution in [2.75, 3.05) is 18.6 Å². The van der Waals surface area contributed by atoms with Crippen molar-refractivity contribution in [2.45, 2.75) is 19.8 Å². The molecule has 1 aliphatic heterocycles. The summed E-state index contributed by atoms with van der Waals surface area (Å²) in [5.74, 6) is 0.730. The molecule has 0 saturated heterocycles. The van der Waals surface area contributed by atoms with Crippen molar-refractivity contribution >= 4 is 22.3 Å². The Morgan fingerprint density at radius 3 is 2.65 bits per heavy atom. The molecule has 0 saturated carbocycles. The number of hydrogen-bond acceptors (Lipinski definition) is 5. The van der Waals surface area contributed by atoms with E-state index >= 15 is 0 Å². The number of benzene rings is 1. The molecule has 0 spiro atoms. The predicted octanol–water partition coefficient (Wildman–Crippen LogP) is 3.74. The van der Waals surface area contributed by atoms with Crippen LogP contribution in [-0.4, -0.2) is 33.0 Å². The van der Waals surface area contributed by atoms with Crippen molar-refractivity contribution < 1.29 is 4.74 Å². The van der Waals surface area contributed by atoms with E-state index < -0.39 is 0 Å². The zero-order valence-corrected chi connectivity index (χ0v) is 18.2. The first-order valence-electron chi connectivity index (χ1n) is 10.4. The fraction of sp³-hybridized carbons (Fsp3) is 0.292. The van der Waals surface area contributed by atoms with Gasteiger partial charge in [0.25, 0.3) is 5.56 Å². The van der Waals surface area contributed by atoms with Gasteiger partial charge in [0.05, 0.1) is 42.1 Å². The van der Waals surface area contributed by atoms with E-state index in [0.717, 1.165) is 64.2 Å². The minimum Gasteiger partial charge on any atom is -0.497 e. The summed E-state index contributed by atoms with van der Waals surface area (Å²) in [5.41, 5.74) is 6.93. The molecule has 0 fully saturated rings. The van der Waals surface area contributed by atoms with E-state index in [9.17, 15) is 4.79 Å². The van der Waals surface area contributed by atoms with Crippen LogP contribution in [0.25, 0.3) is 22.2 Å². The Bertz CT molecular complexity index is 1370. The molecular formula is C24H25N5O2. The van der Waals surface area contributed by atoms with Crippen LogP contribution in [0.5, 0.6) is 5.75 Å². The van der Waals surface area contributed by atoms with Crippen LogP contribution >= 0.6 is 0 Å². The van der Waals surface area contributed by atoms with Crippen LogP contribution in [0.3, 0.4) is 0 Å². The third kappa shape index (κ3) is 3.17. The van der Waals surface area contributed by atoms with Crippen LogP contribution in [0.15, 0.2) is 47.7 Å². The highest BCUT2D eigenvalue weighted by Gasteiger charge is 2.23. The Balaban J connectivity index is 1.69. The number of hydrogen-bond donors (Lipinski definition) is 0. The summed E-state index contributed by atoms with van der Waals surface area (Å²) in [6.45, 7) is 2.74. The largest absolute Gasteiger partial charge is 0.497 e. The summed E-state index contributed by atoms with van der Waals surface area (Å²) in [5, 5.41) is 5.30. The molecule has 0 amide bonds. The zero-order chi connectivity index (χ0) is 21.7. The van der Waals surface area contributed by atoms with Gasteiger partial charge in [-0.05, 0) is 37.5 Å². The number of pyridine rings is 2. The highest BCUT2D eigenvalue weighted by Crippen LogP contribution is 2.40. The molecule has 4 aromatic rings. The first-order valence-corrected chi connectivity index (χ1v) is 10.4. The Hall–Kier alpha value is -3.61. The molecule has 0 atom stereocenters. The van der Waals surface area contributed by atoms with Gasteiger partial charge in [0.2, 0.25) is 0 Å². The van der Waals surface area contributed by atoms with Crippen molar-refractivity contribution in [3.05, 3.63) is 64.3 Å². The van der Waals surface area contributed by atoms with Gasteiger partial charge in [-0.15, -0.1) is 0 Å². The molecule has 5 rings (SSSR count). The van der Waals surface area contributed by atoms with E-state index in [1.807, 2.05) is 51.7 Å². The summed E-state index contributed by atoms with van der Waals surface area (Å²) >= 11 is 0. The highest BCUT2D eigenvalue weighted by atomic mass is 16.5. The Kier molecular flexibility index (Phi) is 4.54. The van der Waals surface area contributed by atoms with Gasteiger partial charge in [0, 0.05) is 55.5 Å². The van der Waals surface area contributed by atoms with Gasteiger partial charge in [0.1, 0.15) is 5.75 Å². The molecule has 4 heterocycles. The molecule has 31 heavy (non-hydrogen) atoms. The molecular weight excluding hydrogens is 390 g/mol. The van der Waals surface area contributed by atoms with Crippen LogP contribution < -0.4 is 15.2 Å². The second kappa shape index (κ2) is 7.27. The fourth-order valence-corrected chi connectivity index (χ4v) is 4.46. The first-order chi connectivity index (χ1) is 15.0. The summed E-state index contributed by atoms with van der Waals surface area (Å²) in [6, 6.07) is 8.13. The van der Waals surface area contributed by atoms with Crippen LogP contribution in [0, 0.1) is 6.92 Å². The highest BCUT2D eigenvalue weighted by molar-refractivity contribution is 5.96. The van der Waals surface area contributed by atoms with E-state index in [0.29, 0.717) is 0 Å². The summed E-state index contributed by atoms with van der Waals surface area (Å²) in [6.07, 6.45) is 7.81. The normalized spacial score (nSPS) is 13.5. The van der Waals surface area contributed by atoms with Gasteiger partial charge in [-0.1, -0.05) is 0 Å². The zero-order valence-electron chi connectivity index (χ0n) is 18.2. The molecule has 0 radical (unpaired) electrons. The van der Waals surface area contributed by atoms with Crippen LogP contribution in [0.2, 0.25) is 0 Å². The minimum atomic E-state index is 0.00789. The van der Waals surface area contributed by atoms with Crippen LogP contribution in [0.4, 0.5) is 11.4 Å². The number of methoxy groups -OCH3 is 1. The summed E-state index contributed by atoms with van der Waals surface area (Å²) in [4.78, 5) is 19.6. The molecule has 1 aliphatic rings. The van der Waals surface area contributed by atoms with Crippen LogP contribution in [-0.2, 0) is 20.5 Å². The van der Waals surface area contributed by atoms with Gasteiger partial charge in [-0.3, -0.25) is 14.5 Å². The van der Waals surface area contributed by atoms with Crippen molar-refractivity contribution in [3.63, 3.8) is 0 Å². The van der Waals surface area contributed by atoms with Gasteiger partial charge in [-0.2, -0.15) is 5.10 Å². The summed E-state index contributed by atoms with van der Waals surface area (Å²) in [7, 11) is 5.38. The third-order valence-electron chi connectivity index (χ3n) is 6.09. The molecule has 0 bridgehead atoms. The van der Waals surface area contributed by atoms with Crippen LogP contribution in [0.1, 0.15) is 17.5 Å². The van der Waals surface area contributed by atoms with Gasteiger partial charge in [0.15, 0.2) is 0 Å². The molecule has 1 aromatic carbocycles. The van der Waals surface area contributed by atoms with E-state index in [1.165, 1.54) is 5.56 Å². The molecule has 7 heteroatoms. The lowest BCUT2D eigenvalue weighted by Gasteiger charge is -2.32. The fourth-order valence-electron chi connectivity index (χ4n) is 4.46. The smallest absolute Gasteiger partial charge is 0.253 e. The quantitative estimate of drug-likeness (QED) is 0.510. The lowest BCUT2D eigenvalue weighted by Crippen LogP contribution is -2.26. The second-order valence-corrected chi connectivity index (χ2v) is 8.13. The summed E-state index contributed by atoms with van der Waals surface area (Å²) < 4.78 is 9.07. The molecule has 7 nitrogen and oxygen atoms in total. The number of aromatic nitrogens is 4. The minimum absolute atomic E-state index is 0.00789.